The number of aromatic nitrogens is 2. The Morgan fingerprint density at radius 3 is 2.23 bits per heavy atom. The summed E-state index contributed by atoms with van der Waals surface area (Å²) in [5.74, 6) is 2.85. The van der Waals surface area contributed by atoms with E-state index in [1.165, 1.54) is 11.1 Å². The third-order valence-electron chi connectivity index (χ3n) is 8.37. The van der Waals surface area contributed by atoms with Gasteiger partial charge in [0.25, 0.3) is 0 Å². The lowest BCUT2D eigenvalue weighted by molar-refractivity contribution is -0.130. The van der Waals surface area contributed by atoms with Crippen molar-refractivity contribution in [3.05, 3.63) is 83.9 Å². The number of hydrogen-bond acceptors (Lipinski definition) is 7. The number of hydrogen-bond donors (Lipinski definition) is 1. The van der Waals surface area contributed by atoms with Crippen molar-refractivity contribution in [1.82, 2.24) is 9.97 Å². The highest BCUT2D eigenvalue weighted by atomic mass is 16.5. The van der Waals surface area contributed by atoms with Crippen LogP contribution in [0.25, 0.3) is 10.9 Å². The second-order valence-corrected chi connectivity index (χ2v) is 10.8. The minimum absolute atomic E-state index is 0.337. The molecule has 208 valence electrons. The van der Waals surface area contributed by atoms with E-state index in [9.17, 15) is 4.79 Å². The Kier molecular flexibility index (Phi) is 8.19. The highest BCUT2D eigenvalue weighted by Crippen LogP contribution is 2.40. The molecule has 1 saturated heterocycles. The lowest BCUT2D eigenvalue weighted by Gasteiger charge is -2.41. The number of methoxy groups -OCH3 is 2. The van der Waals surface area contributed by atoms with Gasteiger partial charge in [0, 0.05) is 36.4 Å². The van der Waals surface area contributed by atoms with Crippen LogP contribution in [0, 0.1) is 5.41 Å². The van der Waals surface area contributed by atoms with Crippen molar-refractivity contribution in [2.45, 2.75) is 44.9 Å². The van der Waals surface area contributed by atoms with E-state index in [1.807, 2.05) is 24.3 Å². The lowest BCUT2D eigenvalue weighted by atomic mass is 9.69. The van der Waals surface area contributed by atoms with Gasteiger partial charge in [-0.2, -0.15) is 4.98 Å². The first-order valence-electron chi connectivity index (χ1n) is 14.0. The van der Waals surface area contributed by atoms with Gasteiger partial charge in [0.15, 0.2) is 11.5 Å². The number of ketones is 1. The predicted molar refractivity (Wildman–Crippen MR) is 160 cm³/mol. The summed E-state index contributed by atoms with van der Waals surface area (Å²) in [5.41, 5.74) is 9.14. The molecular formula is C33H38N4O3. The van der Waals surface area contributed by atoms with Crippen molar-refractivity contribution in [3.8, 4) is 11.5 Å². The number of fused-ring (bicyclic) bond motifs is 1. The van der Waals surface area contributed by atoms with Crippen LogP contribution in [0.3, 0.4) is 0 Å². The van der Waals surface area contributed by atoms with Gasteiger partial charge in [0.2, 0.25) is 5.95 Å². The van der Waals surface area contributed by atoms with Crippen molar-refractivity contribution in [2.75, 3.05) is 37.9 Å². The second kappa shape index (κ2) is 11.9. The average Bonchev–Trinajstić information content (AvgIpc) is 3.00. The Hall–Kier alpha value is -4.13. The summed E-state index contributed by atoms with van der Waals surface area (Å²) in [7, 11) is 3.19. The van der Waals surface area contributed by atoms with Crippen LogP contribution in [0.1, 0.15) is 49.7 Å². The smallest absolute Gasteiger partial charge is 0.227 e. The van der Waals surface area contributed by atoms with Gasteiger partial charge in [-0.05, 0) is 48.8 Å². The van der Waals surface area contributed by atoms with Crippen LogP contribution >= 0.6 is 0 Å². The summed E-state index contributed by atoms with van der Waals surface area (Å²) in [4.78, 5) is 25.6. The van der Waals surface area contributed by atoms with Crippen molar-refractivity contribution in [2.24, 2.45) is 5.41 Å². The molecule has 0 bridgehead atoms. The van der Waals surface area contributed by atoms with Crippen molar-refractivity contribution < 1.29 is 14.3 Å². The van der Waals surface area contributed by atoms with Gasteiger partial charge in [-0.25, -0.2) is 4.98 Å². The number of rotatable bonds is 10. The van der Waals surface area contributed by atoms with Crippen LogP contribution in [-0.2, 0) is 11.2 Å². The van der Waals surface area contributed by atoms with Gasteiger partial charge in [-0.1, -0.05) is 67.6 Å². The van der Waals surface area contributed by atoms with Gasteiger partial charge in [0.1, 0.15) is 11.6 Å². The molecule has 1 aliphatic heterocycles. The SMILES string of the molecule is COc1cc2nc(N3CCC(Cc4ccccc4)(C(=O)CCC(C)c4ccccc4)CC3)nc(N)c2cc1OC. The molecule has 2 N–H and O–H groups in total. The molecule has 0 saturated carbocycles. The fourth-order valence-electron chi connectivity index (χ4n) is 5.84. The Labute approximate surface area is 236 Å². The summed E-state index contributed by atoms with van der Waals surface area (Å²) in [6, 6.07) is 24.5. The summed E-state index contributed by atoms with van der Waals surface area (Å²) >= 11 is 0. The van der Waals surface area contributed by atoms with E-state index in [4.69, 9.17) is 20.2 Å². The molecule has 0 aliphatic carbocycles. The molecule has 7 heteroatoms. The minimum Gasteiger partial charge on any atom is -0.493 e. The standard InChI is InChI=1S/C33H38N4O3/c1-23(25-12-8-5-9-13-25)14-15-30(38)33(22-24-10-6-4-7-11-24)16-18-37(19-17-33)32-35-27-21-29(40-3)28(39-2)20-26(27)31(34)36-32/h4-13,20-21,23H,14-19,22H2,1-3H3,(H2,34,35,36). The van der Waals surface area contributed by atoms with Crippen molar-refractivity contribution in [1.29, 1.82) is 0 Å². The van der Waals surface area contributed by atoms with Crippen LogP contribution in [0.2, 0.25) is 0 Å². The summed E-state index contributed by atoms with van der Waals surface area (Å²) in [5, 5.41) is 0.722. The topological polar surface area (TPSA) is 90.6 Å². The molecule has 2 heterocycles. The van der Waals surface area contributed by atoms with Crippen molar-refractivity contribution in [3.63, 3.8) is 0 Å². The number of benzene rings is 3. The molecule has 3 aromatic carbocycles. The zero-order valence-electron chi connectivity index (χ0n) is 23.6. The fraction of sp³-hybridized carbons (Fsp3) is 0.364. The average molecular weight is 539 g/mol. The molecule has 40 heavy (non-hydrogen) atoms. The molecule has 0 spiro atoms. The molecule has 7 nitrogen and oxygen atoms in total. The minimum atomic E-state index is -0.409. The van der Waals surface area contributed by atoms with Crippen molar-refractivity contribution >= 4 is 28.5 Å². The molecule has 1 aromatic heterocycles. The Morgan fingerprint density at radius 2 is 1.57 bits per heavy atom. The first-order chi connectivity index (χ1) is 19.4. The molecule has 0 amide bonds. The Morgan fingerprint density at radius 1 is 0.950 bits per heavy atom. The highest BCUT2D eigenvalue weighted by molar-refractivity contribution is 5.92. The van der Waals surface area contributed by atoms with Gasteiger partial charge in [-0.15, -0.1) is 0 Å². The number of carbonyl (C=O) groups is 1. The Balaban J connectivity index is 1.36. The lowest BCUT2D eigenvalue weighted by Crippen LogP contribution is -2.46. The molecule has 1 aliphatic rings. The van der Waals surface area contributed by atoms with E-state index < -0.39 is 5.41 Å². The molecule has 1 atom stereocenters. The summed E-state index contributed by atoms with van der Waals surface area (Å²) < 4.78 is 10.9. The Bertz CT molecular complexity index is 1450. The zero-order valence-corrected chi connectivity index (χ0v) is 23.6. The quantitative estimate of drug-likeness (QED) is 0.257. The van der Waals surface area contributed by atoms with Gasteiger partial charge in [0.05, 0.1) is 19.7 Å². The molecule has 0 radical (unpaired) electrons. The van der Waals surface area contributed by atoms with E-state index in [1.54, 1.807) is 14.2 Å². The maximum Gasteiger partial charge on any atom is 0.227 e. The van der Waals surface area contributed by atoms with Crippen LogP contribution < -0.4 is 20.1 Å². The molecule has 5 rings (SSSR count). The van der Waals surface area contributed by atoms with E-state index >= 15 is 0 Å². The third-order valence-corrected chi connectivity index (χ3v) is 8.37. The predicted octanol–water partition coefficient (Wildman–Crippen LogP) is 6.21. The number of nitrogens with two attached hydrogens (primary N) is 1. The maximum absolute atomic E-state index is 14.0. The van der Waals surface area contributed by atoms with E-state index in [0.717, 1.165) is 31.1 Å². The highest BCUT2D eigenvalue weighted by Gasteiger charge is 2.41. The monoisotopic (exact) mass is 538 g/mol. The fourth-order valence-corrected chi connectivity index (χ4v) is 5.84. The molecule has 1 fully saturated rings. The number of nitrogen functional groups attached to an aromatic ring is 1. The van der Waals surface area contributed by atoms with Gasteiger partial charge < -0.3 is 20.1 Å². The summed E-state index contributed by atoms with van der Waals surface area (Å²) in [6.45, 7) is 3.58. The molecular weight excluding hydrogens is 500 g/mol. The third kappa shape index (κ3) is 5.74. The van der Waals surface area contributed by atoms with E-state index in [2.05, 4.69) is 65.3 Å². The van der Waals surface area contributed by atoms with E-state index in [0.29, 0.717) is 60.0 Å². The first-order valence-corrected chi connectivity index (χ1v) is 14.0. The number of ether oxygens (including phenoxy) is 2. The van der Waals surface area contributed by atoms with E-state index in [-0.39, 0.29) is 0 Å². The van der Waals surface area contributed by atoms with Crippen LogP contribution in [0.4, 0.5) is 11.8 Å². The normalized spacial score (nSPS) is 15.5. The van der Waals surface area contributed by atoms with Crippen LogP contribution in [0.5, 0.6) is 11.5 Å². The number of Topliss-reactive ketones (excluding diaryl/α,β-unsaturated/α-hetero) is 1. The summed E-state index contributed by atoms with van der Waals surface area (Å²) in [6.07, 6.45) is 3.65. The molecule has 1 unspecified atom stereocenters. The second-order valence-electron chi connectivity index (χ2n) is 10.8. The number of piperidine rings is 1. The number of anilines is 2. The zero-order chi connectivity index (χ0) is 28.1. The van der Waals surface area contributed by atoms with Gasteiger partial charge in [-0.3, -0.25) is 4.79 Å². The van der Waals surface area contributed by atoms with Gasteiger partial charge >= 0.3 is 0 Å². The first kappa shape index (κ1) is 27.4. The largest absolute Gasteiger partial charge is 0.493 e. The maximum atomic E-state index is 14.0. The number of nitrogens with zero attached hydrogens (tertiary/aromatic N) is 3. The van der Waals surface area contributed by atoms with Crippen LogP contribution in [0.15, 0.2) is 72.8 Å². The molecule has 4 aromatic rings. The number of carbonyl (C=O) groups excluding carboxylic acids is 1. The van der Waals surface area contributed by atoms with Crippen LogP contribution in [-0.4, -0.2) is 43.1 Å².